The van der Waals surface area contributed by atoms with E-state index in [0.717, 1.165) is 0 Å². The highest BCUT2D eigenvalue weighted by Gasteiger charge is 1.93. The molecule has 1 heterocycles. The fourth-order valence-corrected chi connectivity index (χ4v) is 0.476. The van der Waals surface area contributed by atoms with Gasteiger partial charge in [-0.25, -0.2) is 0 Å². The van der Waals surface area contributed by atoms with Crippen molar-refractivity contribution in [3.05, 3.63) is 18.1 Å². The number of furan rings is 1. The number of aromatic hydroxyl groups is 1. The molecule has 0 spiro atoms. The molecule has 0 saturated heterocycles. The molecule has 0 aromatic carbocycles. The van der Waals surface area contributed by atoms with Crippen molar-refractivity contribution in [2.24, 2.45) is 5.73 Å². The van der Waals surface area contributed by atoms with Gasteiger partial charge in [0.1, 0.15) is 12.0 Å². The van der Waals surface area contributed by atoms with E-state index in [1.807, 2.05) is 0 Å². The first kappa shape index (κ1) is 5.18. The predicted octanol–water partition coefficient (Wildman–Crippen LogP) is 0.444. The Balaban J connectivity index is 2.84. The van der Waals surface area contributed by atoms with Crippen molar-refractivity contribution in [3.63, 3.8) is 0 Å². The fourth-order valence-electron chi connectivity index (χ4n) is 0.476. The summed E-state index contributed by atoms with van der Waals surface area (Å²) in [5.41, 5.74) is 5.16. The third-order valence-corrected chi connectivity index (χ3v) is 0.841. The van der Waals surface area contributed by atoms with Crippen LogP contribution in [0.5, 0.6) is 5.75 Å². The van der Waals surface area contributed by atoms with E-state index in [1.54, 1.807) is 0 Å². The number of hydrogen-bond acceptors (Lipinski definition) is 3. The molecule has 1 aromatic heterocycles. The smallest absolute Gasteiger partial charge is 0.154 e. The lowest BCUT2D eigenvalue weighted by atomic mass is 10.4. The quantitative estimate of drug-likeness (QED) is 0.555. The normalized spacial score (nSPS) is 9.62. The Kier molecular flexibility index (Phi) is 1.22. The summed E-state index contributed by atoms with van der Waals surface area (Å²) in [5, 5.41) is 8.63. The van der Waals surface area contributed by atoms with Gasteiger partial charge in [0.25, 0.3) is 0 Å². The standard InChI is InChI=1S/C5H7NO2/c6-2-5-1-4(7)3-8-5/h1,3,7H,2,6H2. The van der Waals surface area contributed by atoms with Gasteiger partial charge in [-0.2, -0.15) is 0 Å². The highest BCUT2D eigenvalue weighted by Crippen LogP contribution is 2.11. The van der Waals surface area contributed by atoms with Crippen molar-refractivity contribution in [1.82, 2.24) is 0 Å². The molecule has 1 aromatic rings. The maximum absolute atomic E-state index is 8.63. The van der Waals surface area contributed by atoms with Crippen LogP contribution in [0.4, 0.5) is 0 Å². The van der Waals surface area contributed by atoms with Gasteiger partial charge in [0.05, 0.1) is 6.54 Å². The minimum atomic E-state index is 0.130. The van der Waals surface area contributed by atoms with Crippen LogP contribution in [-0.4, -0.2) is 5.11 Å². The van der Waals surface area contributed by atoms with E-state index in [1.165, 1.54) is 12.3 Å². The molecular formula is C5H7NO2. The molecule has 44 valence electrons. The molecule has 0 aliphatic heterocycles. The van der Waals surface area contributed by atoms with Crippen molar-refractivity contribution in [2.45, 2.75) is 6.54 Å². The maximum Gasteiger partial charge on any atom is 0.154 e. The van der Waals surface area contributed by atoms with Gasteiger partial charge in [-0.1, -0.05) is 0 Å². The zero-order valence-corrected chi connectivity index (χ0v) is 4.29. The first-order chi connectivity index (χ1) is 3.83. The summed E-state index contributed by atoms with van der Waals surface area (Å²) < 4.78 is 4.74. The van der Waals surface area contributed by atoms with Crippen LogP contribution < -0.4 is 5.73 Å². The molecule has 3 nitrogen and oxygen atoms in total. The molecule has 0 aliphatic rings. The van der Waals surface area contributed by atoms with Gasteiger partial charge >= 0.3 is 0 Å². The molecular weight excluding hydrogens is 106 g/mol. The lowest BCUT2D eigenvalue weighted by Gasteiger charge is -1.80. The van der Waals surface area contributed by atoms with E-state index in [9.17, 15) is 0 Å². The van der Waals surface area contributed by atoms with Crippen LogP contribution in [0.25, 0.3) is 0 Å². The van der Waals surface area contributed by atoms with Crippen molar-refractivity contribution >= 4 is 0 Å². The Labute approximate surface area is 46.7 Å². The summed E-state index contributed by atoms with van der Waals surface area (Å²) in [7, 11) is 0. The first-order valence-corrected chi connectivity index (χ1v) is 2.29. The molecule has 8 heavy (non-hydrogen) atoms. The lowest BCUT2D eigenvalue weighted by Crippen LogP contribution is -1.92. The SMILES string of the molecule is NCc1cc(O)co1. The Morgan fingerprint density at radius 1 is 1.75 bits per heavy atom. The predicted molar refractivity (Wildman–Crippen MR) is 28.3 cm³/mol. The molecule has 0 atom stereocenters. The van der Waals surface area contributed by atoms with Gasteiger partial charge < -0.3 is 15.3 Å². The monoisotopic (exact) mass is 113 g/mol. The van der Waals surface area contributed by atoms with Crippen LogP contribution in [0.3, 0.4) is 0 Å². The summed E-state index contributed by atoms with van der Waals surface area (Å²) >= 11 is 0. The van der Waals surface area contributed by atoms with E-state index in [0.29, 0.717) is 12.3 Å². The van der Waals surface area contributed by atoms with Crippen LogP contribution in [0.15, 0.2) is 16.7 Å². The van der Waals surface area contributed by atoms with Crippen molar-refractivity contribution in [1.29, 1.82) is 0 Å². The Hall–Kier alpha value is -0.960. The summed E-state index contributed by atoms with van der Waals surface area (Å²) in [4.78, 5) is 0. The zero-order valence-electron chi connectivity index (χ0n) is 4.29. The van der Waals surface area contributed by atoms with E-state index in [-0.39, 0.29) is 5.75 Å². The second-order valence-electron chi connectivity index (χ2n) is 1.48. The van der Waals surface area contributed by atoms with Crippen molar-refractivity contribution in [3.8, 4) is 5.75 Å². The maximum atomic E-state index is 8.63. The van der Waals surface area contributed by atoms with Gasteiger partial charge in [-0.3, -0.25) is 0 Å². The average molecular weight is 113 g/mol. The van der Waals surface area contributed by atoms with E-state index >= 15 is 0 Å². The lowest BCUT2D eigenvalue weighted by molar-refractivity contribution is 0.452. The minimum absolute atomic E-state index is 0.130. The second-order valence-corrected chi connectivity index (χ2v) is 1.48. The highest BCUT2D eigenvalue weighted by molar-refractivity contribution is 5.16. The van der Waals surface area contributed by atoms with Crippen molar-refractivity contribution in [2.75, 3.05) is 0 Å². The molecule has 0 unspecified atom stereocenters. The van der Waals surface area contributed by atoms with E-state index in [4.69, 9.17) is 15.3 Å². The Morgan fingerprint density at radius 3 is 2.75 bits per heavy atom. The summed E-state index contributed by atoms with van der Waals surface area (Å²) in [6, 6.07) is 1.49. The molecule has 3 heteroatoms. The summed E-state index contributed by atoms with van der Waals surface area (Å²) in [5.74, 6) is 0.730. The second kappa shape index (κ2) is 1.88. The molecule has 0 saturated carbocycles. The third kappa shape index (κ3) is 0.816. The summed E-state index contributed by atoms with van der Waals surface area (Å²) in [6.45, 7) is 0.334. The van der Waals surface area contributed by atoms with Gasteiger partial charge in [-0.05, 0) is 0 Å². The fraction of sp³-hybridized carbons (Fsp3) is 0.200. The number of rotatable bonds is 1. The van der Waals surface area contributed by atoms with Crippen LogP contribution in [0.2, 0.25) is 0 Å². The topological polar surface area (TPSA) is 59.4 Å². The molecule has 0 aliphatic carbocycles. The molecule has 0 bridgehead atoms. The largest absolute Gasteiger partial charge is 0.505 e. The highest BCUT2D eigenvalue weighted by atomic mass is 16.4. The van der Waals surface area contributed by atoms with E-state index in [2.05, 4.69) is 0 Å². The first-order valence-electron chi connectivity index (χ1n) is 2.29. The van der Waals surface area contributed by atoms with Crippen LogP contribution in [-0.2, 0) is 6.54 Å². The molecule has 0 amide bonds. The summed E-state index contributed by atoms with van der Waals surface area (Å²) in [6.07, 6.45) is 1.25. The van der Waals surface area contributed by atoms with Crippen LogP contribution in [0, 0.1) is 0 Å². The van der Waals surface area contributed by atoms with Gasteiger partial charge in [0, 0.05) is 6.07 Å². The molecule has 0 radical (unpaired) electrons. The molecule has 3 N–H and O–H groups in total. The van der Waals surface area contributed by atoms with Crippen molar-refractivity contribution < 1.29 is 9.52 Å². The third-order valence-electron chi connectivity index (χ3n) is 0.841. The minimum Gasteiger partial charge on any atom is -0.505 e. The average Bonchev–Trinajstić information content (AvgIpc) is 2.14. The van der Waals surface area contributed by atoms with Gasteiger partial charge in [0.2, 0.25) is 0 Å². The number of hydrogen-bond donors (Lipinski definition) is 2. The Bertz CT molecular complexity index is 171. The number of nitrogens with two attached hydrogens (primary N) is 1. The van der Waals surface area contributed by atoms with E-state index < -0.39 is 0 Å². The van der Waals surface area contributed by atoms with Crippen LogP contribution >= 0.6 is 0 Å². The molecule has 0 fully saturated rings. The zero-order chi connectivity index (χ0) is 5.98. The van der Waals surface area contributed by atoms with Gasteiger partial charge in [0.15, 0.2) is 5.75 Å². The van der Waals surface area contributed by atoms with Crippen LogP contribution in [0.1, 0.15) is 5.76 Å². The molecule has 1 rings (SSSR count). The Morgan fingerprint density at radius 2 is 2.50 bits per heavy atom. The van der Waals surface area contributed by atoms with Gasteiger partial charge in [-0.15, -0.1) is 0 Å².